The number of ether oxygens (including phenoxy) is 3. The van der Waals surface area contributed by atoms with E-state index in [0.29, 0.717) is 36.8 Å². The van der Waals surface area contributed by atoms with Gasteiger partial charge in [0, 0.05) is 30.4 Å². The Bertz CT molecular complexity index is 1080. The second-order valence-corrected chi connectivity index (χ2v) is 10.4. The maximum absolute atomic E-state index is 13.3. The molecule has 0 saturated carbocycles. The van der Waals surface area contributed by atoms with Crippen LogP contribution in [0.1, 0.15) is 45.1 Å². The van der Waals surface area contributed by atoms with Crippen LogP contribution in [0.3, 0.4) is 0 Å². The predicted molar refractivity (Wildman–Crippen MR) is 143 cm³/mol. The zero-order valence-electron chi connectivity index (χ0n) is 22.4. The standard InChI is InChI=1S/C29H39N3O5/c1-29(2)19-24(28(34)32(29)20-21-8-11-23(35-3)12-9-21)27(33)30-22-10-13-25(36-4)26(18-22)37-17-7-16-31-14-5-6-15-31/h8-13,18,24H,5-7,14-17,19-20H2,1-4H3,(H,30,33). The first-order valence-corrected chi connectivity index (χ1v) is 13.1. The highest BCUT2D eigenvalue weighted by molar-refractivity contribution is 6.08. The number of hydrogen-bond donors (Lipinski definition) is 1. The summed E-state index contributed by atoms with van der Waals surface area (Å²) in [6, 6.07) is 13.0. The summed E-state index contributed by atoms with van der Waals surface area (Å²) in [5.41, 5.74) is 1.13. The molecule has 0 aliphatic carbocycles. The number of likely N-dealkylation sites (tertiary alicyclic amines) is 2. The van der Waals surface area contributed by atoms with Crippen LogP contribution in [-0.2, 0) is 16.1 Å². The minimum absolute atomic E-state index is 0.162. The van der Waals surface area contributed by atoms with Crippen LogP contribution in [0.15, 0.2) is 42.5 Å². The van der Waals surface area contributed by atoms with Gasteiger partial charge in [0.15, 0.2) is 11.5 Å². The number of rotatable bonds is 11. The summed E-state index contributed by atoms with van der Waals surface area (Å²) in [5, 5.41) is 2.93. The number of nitrogens with one attached hydrogen (secondary N) is 1. The molecule has 37 heavy (non-hydrogen) atoms. The Hall–Kier alpha value is -3.26. The highest BCUT2D eigenvalue weighted by atomic mass is 16.5. The first-order valence-electron chi connectivity index (χ1n) is 13.1. The van der Waals surface area contributed by atoms with Gasteiger partial charge < -0.3 is 29.3 Å². The summed E-state index contributed by atoms with van der Waals surface area (Å²) >= 11 is 0. The minimum Gasteiger partial charge on any atom is -0.497 e. The van der Waals surface area contributed by atoms with Gasteiger partial charge in [-0.05, 0) is 82.4 Å². The Kier molecular flexibility index (Phi) is 8.59. The number of hydrogen-bond acceptors (Lipinski definition) is 6. The van der Waals surface area contributed by atoms with Crippen LogP contribution in [0, 0.1) is 5.92 Å². The van der Waals surface area contributed by atoms with Crippen molar-refractivity contribution in [2.24, 2.45) is 5.92 Å². The highest BCUT2D eigenvalue weighted by Crippen LogP contribution is 2.37. The molecule has 2 amide bonds. The first-order chi connectivity index (χ1) is 17.8. The van der Waals surface area contributed by atoms with Gasteiger partial charge in [-0.25, -0.2) is 0 Å². The fourth-order valence-corrected chi connectivity index (χ4v) is 5.17. The third-order valence-electron chi connectivity index (χ3n) is 7.32. The smallest absolute Gasteiger partial charge is 0.237 e. The predicted octanol–water partition coefficient (Wildman–Crippen LogP) is 4.33. The summed E-state index contributed by atoms with van der Waals surface area (Å²) < 4.78 is 16.7. The molecule has 0 aromatic heterocycles. The fourth-order valence-electron chi connectivity index (χ4n) is 5.17. The second kappa shape index (κ2) is 11.9. The Morgan fingerprint density at radius 1 is 1.03 bits per heavy atom. The largest absolute Gasteiger partial charge is 0.497 e. The molecule has 8 heteroatoms. The Morgan fingerprint density at radius 2 is 1.76 bits per heavy atom. The molecule has 2 heterocycles. The monoisotopic (exact) mass is 509 g/mol. The average molecular weight is 510 g/mol. The lowest BCUT2D eigenvalue weighted by Gasteiger charge is -2.31. The lowest BCUT2D eigenvalue weighted by Crippen LogP contribution is -2.40. The van der Waals surface area contributed by atoms with Gasteiger partial charge >= 0.3 is 0 Å². The van der Waals surface area contributed by atoms with Crippen molar-refractivity contribution in [3.63, 3.8) is 0 Å². The van der Waals surface area contributed by atoms with Gasteiger partial charge in [0.2, 0.25) is 11.8 Å². The molecule has 2 aliphatic rings. The molecule has 2 saturated heterocycles. The lowest BCUT2D eigenvalue weighted by atomic mass is 9.95. The van der Waals surface area contributed by atoms with Crippen molar-refractivity contribution in [1.82, 2.24) is 9.80 Å². The van der Waals surface area contributed by atoms with Crippen LogP contribution in [0.25, 0.3) is 0 Å². The maximum atomic E-state index is 13.3. The van der Waals surface area contributed by atoms with E-state index in [2.05, 4.69) is 10.2 Å². The van der Waals surface area contributed by atoms with Gasteiger partial charge in [0.05, 0.1) is 20.8 Å². The van der Waals surface area contributed by atoms with E-state index in [1.54, 1.807) is 37.3 Å². The van der Waals surface area contributed by atoms with Gasteiger partial charge in [-0.2, -0.15) is 0 Å². The number of anilines is 1. The molecule has 2 aromatic carbocycles. The molecule has 1 atom stereocenters. The normalized spacial score (nSPS) is 19.2. The lowest BCUT2D eigenvalue weighted by molar-refractivity contribution is -0.137. The molecule has 8 nitrogen and oxygen atoms in total. The van der Waals surface area contributed by atoms with Gasteiger partial charge in [-0.1, -0.05) is 12.1 Å². The van der Waals surface area contributed by atoms with Crippen molar-refractivity contribution in [2.75, 3.05) is 45.8 Å². The van der Waals surface area contributed by atoms with Crippen LogP contribution < -0.4 is 19.5 Å². The SMILES string of the molecule is COc1ccc(CN2C(=O)C(C(=O)Nc3ccc(OC)c(OCCCN4CCCC4)c3)CC2(C)C)cc1. The maximum Gasteiger partial charge on any atom is 0.237 e. The van der Waals surface area contributed by atoms with E-state index in [4.69, 9.17) is 14.2 Å². The van der Waals surface area contributed by atoms with Crippen molar-refractivity contribution in [1.29, 1.82) is 0 Å². The molecular weight excluding hydrogens is 470 g/mol. The van der Waals surface area contributed by atoms with E-state index >= 15 is 0 Å². The van der Waals surface area contributed by atoms with Crippen molar-refractivity contribution in [3.8, 4) is 17.2 Å². The Morgan fingerprint density at radius 3 is 2.43 bits per heavy atom. The summed E-state index contributed by atoms with van der Waals surface area (Å²) in [4.78, 5) is 30.8. The molecule has 1 unspecified atom stereocenters. The van der Waals surface area contributed by atoms with Gasteiger partial charge in [-0.3, -0.25) is 9.59 Å². The van der Waals surface area contributed by atoms with Crippen molar-refractivity contribution in [2.45, 2.75) is 51.6 Å². The van der Waals surface area contributed by atoms with E-state index in [1.807, 2.05) is 38.1 Å². The van der Waals surface area contributed by atoms with Crippen molar-refractivity contribution < 1.29 is 23.8 Å². The Labute approximate surface area is 219 Å². The number of nitrogens with zero attached hydrogens (tertiary/aromatic N) is 2. The summed E-state index contributed by atoms with van der Waals surface area (Å²) in [5.74, 6) is 0.747. The van der Waals surface area contributed by atoms with Crippen LogP contribution in [0.4, 0.5) is 5.69 Å². The zero-order valence-corrected chi connectivity index (χ0v) is 22.4. The summed E-state index contributed by atoms with van der Waals surface area (Å²) in [7, 11) is 3.22. The molecule has 0 spiro atoms. The molecule has 1 N–H and O–H groups in total. The number of methoxy groups -OCH3 is 2. The summed E-state index contributed by atoms with van der Waals surface area (Å²) in [6.07, 6.45) is 3.92. The molecule has 4 rings (SSSR count). The van der Waals surface area contributed by atoms with E-state index in [-0.39, 0.29) is 11.8 Å². The quantitative estimate of drug-likeness (QED) is 0.359. The summed E-state index contributed by atoms with van der Waals surface area (Å²) in [6.45, 7) is 8.37. The highest BCUT2D eigenvalue weighted by Gasteiger charge is 2.48. The first kappa shape index (κ1) is 26.8. The molecule has 2 aliphatic heterocycles. The van der Waals surface area contributed by atoms with Crippen molar-refractivity contribution in [3.05, 3.63) is 48.0 Å². The zero-order chi connectivity index (χ0) is 26.4. The Balaban J connectivity index is 1.37. The molecule has 2 aromatic rings. The molecule has 2 fully saturated rings. The minimum atomic E-state index is -0.750. The number of carbonyl (C=O) groups is 2. The molecular formula is C29H39N3O5. The van der Waals surface area contributed by atoms with E-state index in [9.17, 15) is 9.59 Å². The molecule has 0 radical (unpaired) electrons. The van der Waals surface area contributed by atoms with Crippen LogP contribution >= 0.6 is 0 Å². The van der Waals surface area contributed by atoms with Crippen LogP contribution in [0.2, 0.25) is 0 Å². The molecule has 0 bridgehead atoms. The van der Waals surface area contributed by atoms with E-state index in [0.717, 1.165) is 24.3 Å². The third-order valence-corrected chi connectivity index (χ3v) is 7.32. The number of benzene rings is 2. The van der Waals surface area contributed by atoms with Gasteiger partial charge in [0.1, 0.15) is 11.7 Å². The average Bonchev–Trinajstić information content (AvgIpc) is 3.49. The van der Waals surface area contributed by atoms with E-state index in [1.165, 1.54) is 25.9 Å². The topological polar surface area (TPSA) is 80.3 Å². The van der Waals surface area contributed by atoms with Gasteiger partial charge in [-0.15, -0.1) is 0 Å². The number of carbonyl (C=O) groups excluding carboxylic acids is 2. The van der Waals surface area contributed by atoms with Gasteiger partial charge in [0.25, 0.3) is 0 Å². The van der Waals surface area contributed by atoms with Crippen LogP contribution in [-0.4, -0.2) is 67.6 Å². The fraction of sp³-hybridized carbons (Fsp3) is 0.517. The number of amides is 2. The van der Waals surface area contributed by atoms with Crippen molar-refractivity contribution >= 4 is 17.5 Å². The second-order valence-electron chi connectivity index (χ2n) is 10.4. The van der Waals surface area contributed by atoms with E-state index < -0.39 is 11.5 Å². The molecule has 200 valence electrons. The van der Waals surface area contributed by atoms with Crippen LogP contribution in [0.5, 0.6) is 17.2 Å². The third kappa shape index (κ3) is 6.55.